The smallest absolute Gasteiger partial charge is 0.0459 e. The van der Waals surface area contributed by atoms with Crippen LogP contribution >= 0.6 is 0 Å². The van der Waals surface area contributed by atoms with Crippen molar-refractivity contribution in [3.05, 3.63) is 48.2 Å². The molecule has 1 aromatic carbocycles. The minimum atomic E-state index is -0.0521. The van der Waals surface area contributed by atoms with Gasteiger partial charge in [0.2, 0.25) is 0 Å². The molecule has 2 nitrogen and oxygen atoms in total. The predicted molar refractivity (Wildman–Crippen MR) is 74.3 cm³/mol. The highest BCUT2D eigenvalue weighted by molar-refractivity contribution is 5.85. The summed E-state index contributed by atoms with van der Waals surface area (Å²) in [7, 11) is 0. The molecule has 2 rings (SSSR count). The number of allylic oxidation sites excluding steroid dienone is 1. The van der Waals surface area contributed by atoms with E-state index in [2.05, 4.69) is 49.7 Å². The average molecular weight is 228 g/mol. The van der Waals surface area contributed by atoms with Crippen molar-refractivity contribution in [3.63, 3.8) is 0 Å². The van der Waals surface area contributed by atoms with Crippen LogP contribution in [0.1, 0.15) is 25.1 Å². The molecule has 90 valence electrons. The lowest BCUT2D eigenvalue weighted by Crippen LogP contribution is -2.17. The summed E-state index contributed by atoms with van der Waals surface area (Å²) in [5.41, 5.74) is 9.42. The van der Waals surface area contributed by atoms with Crippen molar-refractivity contribution in [1.29, 1.82) is 0 Å². The van der Waals surface area contributed by atoms with Crippen molar-refractivity contribution in [2.45, 2.75) is 25.7 Å². The SMILES string of the molecule is C=CC(C)(C)c1[nH]c2ccccc2c1CCN. The van der Waals surface area contributed by atoms with E-state index in [-0.39, 0.29) is 5.41 Å². The van der Waals surface area contributed by atoms with E-state index >= 15 is 0 Å². The van der Waals surface area contributed by atoms with Crippen molar-refractivity contribution in [3.8, 4) is 0 Å². The predicted octanol–water partition coefficient (Wildman–Crippen LogP) is 3.13. The fourth-order valence-electron chi connectivity index (χ4n) is 2.26. The topological polar surface area (TPSA) is 41.8 Å². The Kier molecular flexibility index (Phi) is 3.07. The van der Waals surface area contributed by atoms with E-state index in [0.29, 0.717) is 6.54 Å². The molecule has 0 spiro atoms. The second kappa shape index (κ2) is 4.38. The Morgan fingerprint density at radius 1 is 1.35 bits per heavy atom. The molecule has 17 heavy (non-hydrogen) atoms. The zero-order valence-electron chi connectivity index (χ0n) is 10.6. The van der Waals surface area contributed by atoms with Crippen molar-refractivity contribution in [2.75, 3.05) is 6.54 Å². The Bertz CT molecular complexity index is 535. The number of aromatic amines is 1. The summed E-state index contributed by atoms with van der Waals surface area (Å²) < 4.78 is 0. The Balaban J connectivity index is 2.69. The van der Waals surface area contributed by atoms with Crippen molar-refractivity contribution >= 4 is 10.9 Å². The third-order valence-electron chi connectivity index (χ3n) is 3.36. The standard InChI is InChI=1S/C15H20N2/c1-4-15(2,3)14-12(9-10-16)11-7-5-6-8-13(11)17-14/h4-8,17H,1,9-10,16H2,2-3H3. The van der Waals surface area contributed by atoms with Crippen molar-refractivity contribution in [1.82, 2.24) is 4.98 Å². The number of benzene rings is 1. The van der Waals surface area contributed by atoms with Crippen LogP contribution in [0.5, 0.6) is 0 Å². The van der Waals surface area contributed by atoms with Gasteiger partial charge in [0.05, 0.1) is 0 Å². The molecule has 0 aliphatic heterocycles. The van der Waals surface area contributed by atoms with Crippen LogP contribution in [0.25, 0.3) is 10.9 Å². The monoisotopic (exact) mass is 228 g/mol. The molecule has 0 unspecified atom stereocenters. The maximum atomic E-state index is 5.72. The third kappa shape index (κ3) is 2.01. The molecule has 0 atom stereocenters. The number of rotatable bonds is 4. The van der Waals surface area contributed by atoms with E-state index < -0.39 is 0 Å². The number of H-pyrrole nitrogens is 1. The van der Waals surface area contributed by atoms with Gasteiger partial charge in [0, 0.05) is 22.0 Å². The fraction of sp³-hybridized carbons (Fsp3) is 0.333. The minimum absolute atomic E-state index is 0.0521. The summed E-state index contributed by atoms with van der Waals surface area (Å²) in [5.74, 6) is 0. The molecule has 0 saturated carbocycles. The number of aromatic nitrogens is 1. The van der Waals surface area contributed by atoms with Crippen LogP contribution in [0.3, 0.4) is 0 Å². The Morgan fingerprint density at radius 2 is 2.06 bits per heavy atom. The molecular weight excluding hydrogens is 208 g/mol. The molecule has 1 heterocycles. The first kappa shape index (κ1) is 11.9. The van der Waals surface area contributed by atoms with Crippen molar-refractivity contribution in [2.24, 2.45) is 5.73 Å². The van der Waals surface area contributed by atoms with Gasteiger partial charge in [0.1, 0.15) is 0 Å². The van der Waals surface area contributed by atoms with Gasteiger partial charge in [-0.2, -0.15) is 0 Å². The molecule has 0 fully saturated rings. The lowest BCUT2D eigenvalue weighted by atomic mass is 9.86. The highest BCUT2D eigenvalue weighted by Gasteiger charge is 2.23. The second-order valence-corrected chi connectivity index (χ2v) is 4.99. The summed E-state index contributed by atoms with van der Waals surface area (Å²) in [5, 5.41) is 1.28. The molecule has 0 saturated heterocycles. The highest BCUT2D eigenvalue weighted by Crippen LogP contribution is 2.32. The first-order chi connectivity index (χ1) is 8.10. The molecule has 0 radical (unpaired) electrons. The quantitative estimate of drug-likeness (QED) is 0.776. The largest absolute Gasteiger partial charge is 0.357 e. The highest BCUT2D eigenvalue weighted by atomic mass is 14.7. The molecule has 0 amide bonds. The van der Waals surface area contributed by atoms with E-state index in [0.717, 1.165) is 6.42 Å². The van der Waals surface area contributed by atoms with E-state index in [1.807, 2.05) is 6.08 Å². The van der Waals surface area contributed by atoms with Gasteiger partial charge in [-0.15, -0.1) is 6.58 Å². The van der Waals surface area contributed by atoms with Crippen LogP contribution in [0, 0.1) is 0 Å². The van der Waals surface area contributed by atoms with Crippen LogP contribution in [-0.4, -0.2) is 11.5 Å². The fourth-order valence-corrected chi connectivity index (χ4v) is 2.26. The molecule has 2 aromatic rings. The van der Waals surface area contributed by atoms with Crippen molar-refractivity contribution < 1.29 is 0 Å². The molecule has 0 aliphatic rings. The number of nitrogens with one attached hydrogen (secondary N) is 1. The summed E-state index contributed by atoms with van der Waals surface area (Å²) in [6.45, 7) is 8.94. The van der Waals surface area contributed by atoms with Gasteiger partial charge in [-0.1, -0.05) is 38.1 Å². The maximum Gasteiger partial charge on any atom is 0.0459 e. The normalized spacial score (nSPS) is 11.9. The van der Waals surface area contributed by atoms with Gasteiger partial charge in [-0.25, -0.2) is 0 Å². The first-order valence-corrected chi connectivity index (χ1v) is 6.04. The van der Waals surface area contributed by atoms with Gasteiger partial charge in [-0.3, -0.25) is 0 Å². The number of para-hydroxylation sites is 1. The number of hydrogen-bond donors (Lipinski definition) is 2. The Morgan fingerprint density at radius 3 is 2.71 bits per heavy atom. The number of fused-ring (bicyclic) bond motifs is 1. The number of nitrogens with two attached hydrogens (primary N) is 1. The summed E-state index contributed by atoms with van der Waals surface area (Å²) in [6.07, 6.45) is 2.88. The third-order valence-corrected chi connectivity index (χ3v) is 3.36. The molecule has 3 N–H and O–H groups in total. The zero-order chi connectivity index (χ0) is 12.5. The van der Waals surface area contributed by atoms with Crippen LogP contribution in [-0.2, 0) is 11.8 Å². The number of hydrogen-bond acceptors (Lipinski definition) is 1. The first-order valence-electron chi connectivity index (χ1n) is 6.04. The average Bonchev–Trinajstić information content (AvgIpc) is 2.70. The minimum Gasteiger partial charge on any atom is -0.357 e. The van der Waals surface area contributed by atoms with Gasteiger partial charge in [0.25, 0.3) is 0 Å². The van der Waals surface area contributed by atoms with Gasteiger partial charge < -0.3 is 10.7 Å². The second-order valence-electron chi connectivity index (χ2n) is 4.99. The van der Waals surface area contributed by atoms with E-state index in [9.17, 15) is 0 Å². The Hall–Kier alpha value is -1.54. The van der Waals surface area contributed by atoms with Crippen LogP contribution in [0.4, 0.5) is 0 Å². The maximum absolute atomic E-state index is 5.72. The van der Waals surface area contributed by atoms with Crippen LogP contribution in [0.15, 0.2) is 36.9 Å². The summed E-state index contributed by atoms with van der Waals surface area (Å²) >= 11 is 0. The molecule has 0 bridgehead atoms. The summed E-state index contributed by atoms with van der Waals surface area (Å²) in [6, 6.07) is 8.38. The van der Waals surface area contributed by atoms with E-state index in [1.165, 1.54) is 22.2 Å². The van der Waals surface area contributed by atoms with E-state index in [1.54, 1.807) is 0 Å². The molecule has 2 heteroatoms. The van der Waals surface area contributed by atoms with Crippen LogP contribution in [0.2, 0.25) is 0 Å². The molecule has 1 aromatic heterocycles. The van der Waals surface area contributed by atoms with Gasteiger partial charge in [-0.05, 0) is 24.6 Å². The van der Waals surface area contributed by atoms with Crippen LogP contribution < -0.4 is 5.73 Å². The lowest BCUT2D eigenvalue weighted by molar-refractivity contribution is 0.642. The Labute approximate surface area is 103 Å². The van der Waals surface area contributed by atoms with E-state index in [4.69, 9.17) is 5.73 Å². The molecule has 0 aliphatic carbocycles. The van der Waals surface area contributed by atoms with Gasteiger partial charge in [0.15, 0.2) is 0 Å². The van der Waals surface area contributed by atoms with Gasteiger partial charge >= 0.3 is 0 Å². The molecular formula is C15H20N2. The zero-order valence-corrected chi connectivity index (χ0v) is 10.6. The lowest BCUT2D eigenvalue weighted by Gasteiger charge is -2.20. The summed E-state index contributed by atoms with van der Waals surface area (Å²) in [4.78, 5) is 3.51.